The van der Waals surface area contributed by atoms with Crippen LogP contribution in [0.4, 0.5) is 19.3 Å². The number of nitrogen functional groups attached to an aromatic ring is 1. The van der Waals surface area contributed by atoms with E-state index in [0.29, 0.717) is 23.0 Å². The lowest BCUT2D eigenvalue weighted by atomic mass is 9.81. The van der Waals surface area contributed by atoms with E-state index in [1.165, 1.54) is 30.0 Å². The SMILES string of the molecule is CC(C)(C)OC(=O)NC1=N[C@@]2(c3cc(N)ccc3F)C[C@@H](F)C[C@H]2CS1. The molecule has 2 aliphatic rings. The summed E-state index contributed by atoms with van der Waals surface area (Å²) in [5.74, 6) is -0.0999. The molecule has 0 saturated heterocycles. The number of carbonyl (C=O) groups excluding carboxylic acids is 1. The smallest absolute Gasteiger partial charge is 0.413 e. The molecule has 3 N–H and O–H groups in total. The Morgan fingerprint density at radius 2 is 2.19 bits per heavy atom. The molecule has 1 aliphatic heterocycles. The number of aliphatic imine (C=N–C) groups is 1. The third kappa shape index (κ3) is 3.79. The number of fused-ring (bicyclic) bond motifs is 1. The van der Waals surface area contributed by atoms with Crippen LogP contribution in [-0.2, 0) is 10.3 Å². The second-order valence-electron chi connectivity index (χ2n) is 7.75. The summed E-state index contributed by atoms with van der Waals surface area (Å²) in [6.07, 6.45) is -1.34. The first-order chi connectivity index (χ1) is 12.1. The minimum atomic E-state index is -1.08. The minimum absolute atomic E-state index is 0.0676. The predicted molar refractivity (Wildman–Crippen MR) is 99.4 cm³/mol. The van der Waals surface area contributed by atoms with Crippen LogP contribution >= 0.6 is 11.8 Å². The van der Waals surface area contributed by atoms with E-state index in [9.17, 15) is 13.6 Å². The lowest BCUT2D eigenvalue weighted by molar-refractivity contribution is 0.0564. The molecular formula is C18H23F2N3O2S. The Kier molecular flexibility index (Phi) is 4.90. The number of nitrogens with two attached hydrogens (primary N) is 1. The Morgan fingerprint density at radius 3 is 2.88 bits per heavy atom. The molecule has 3 rings (SSSR count). The van der Waals surface area contributed by atoms with Gasteiger partial charge in [-0.05, 0) is 45.4 Å². The number of amidine groups is 1. The van der Waals surface area contributed by atoms with Gasteiger partial charge in [0.25, 0.3) is 0 Å². The monoisotopic (exact) mass is 383 g/mol. The summed E-state index contributed by atoms with van der Waals surface area (Å²) in [4.78, 5) is 16.6. The van der Waals surface area contributed by atoms with Crippen LogP contribution in [-0.4, -0.2) is 28.8 Å². The number of hydrogen-bond acceptors (Lipinski definition) is 5. The maximum atomic E-state index is 14.6. The minimum Gasteiger partial charge on any atom is -0.444 e. The van der Waals surface area contributed by atoms with Crippen molar-refractivity contribution in [3.05, 3.63) is 29.6 Å². The normalized spacial score (nSPS) is 28.3. The van der Waals surface area contributed by atoms with E-state index in [1.54, 1.807) is 20.8 Å². The number of alkyl halides is 1. The standard InChI is InChI=1S/C18H23F2N3O2S/c1-17(2,3)25-16(24)22-15-23-18(8-11(19)6-10(18)9-26-15)13-7-12(21)4-5-14(13)20/h4-5,7,10-11H,6,8-9,21H2,1-3H3,(H,22,23,24)/t10-,11-,18-/m0/s1. The average molecular weight is 383 g/mol. The molecule has 0 aromatic heterocycles. The van der Waals surface area contributed by atoms with Gasteiger partial charge in [-0.1, -0.05) is 11.8 Å². The van der Waals surface area contributed by atoms with Gasteiger partial charge in [0, 0.05) is 29.3 Å². The van der Waals surface area contributed by atoms with Crippen molar-refractivity contribution in [2.45, 2.75) is 50.9 Å². The van der Waals surface area contributed by atoms with Crippen molar-refractivity contribution in [3.63, 3.8) is 0 Å². The Balaban J connectivity index is 1.96. The van der Waals surface area contributed by atoms with Crippen molar-refractivity contribution in [3.8, 4) is 0 Å². The molecule has 1 heterocycles. The molecule has 0 spiro atoms. The van der Waals surface area contributed by atoms with Crippen LogP contribution in [0.5, 0.6) is 0 Å². The molecule has 0 radical (unpaired) electrons. The molecule has 142 valence electrons. The summed E-state index contributed by atoms with van der Waals surface area (Å²) in [5, 5.41) is 2.92. The molecule has 1 amide bonds. The number of nitrogens with zero attached hydrogens (tertiary/aromatic N) is 1. The van der Waals surface area contributed by atoms with Crippen LogP contribution in [0.15, 0.2) is 23.2 Å². The molecule has 8 heteroatoms. The highest BCUT2D eigenvalue weighted by molar-refractivity contribution is 8.13. The third-order valence-electron chi connectivity index (χ3n) is 4.54. The summed E-state index contributed by atoms with van der Waals surface area (Å²) in [6, 6.07) is 4.26. The van der Waals surface area contributed by atoms with Crippen LogP contribution in [0.3, 0.4) is 0 Å². The predicted octanol–water partition coefficient (Wildman–Crippen LogP) is 3.98. The highest BCUT2D eigenvalue weighted by Crippen LogP contribution is 2.52. The Morgan fingerprint density at radius 1 is 1.46 bits per heavy atom. The molecule has 1 fully saturated rings. The van der Waals surface area contributed by atoms with Gasteiger partial charge in [-0.15, -0.1) is 0 Å². The van der Waals surface area contributed by atoms with Gasteiger partial charge >= 0.3 is 6.09 Å². The fourth-order valence-corrected chi connectivity index (χ4v) is 4.70. The molecular weight excluding hydrogens is 360 g/mol. The Labute approximate surface area is 155 Å². The van der Waals surface area contributed by atoms with Gasteiger partial charge in [-0.25, -0.2) is 13.6 Å². The number of hydrogen-bond donors (Lipinski definition) is 2. The number of alkyl carbamates (subject to hydrolysis) is 1. The number of nitrogens with one attached hydrogen (secondary N) is 1. The van der Waals surface area contributed by atoms with Crippen molar-refractivity contribution in [2.75, 3.05) is 11.5 Å². The zero-order valence-electron chi connectivity index (χ0n) is 15.0. The zero-order chi connectivity index (χ0) is 19.1. The van der Waals surface area contributed by atoms with Crippen LogP contribution in [0.2, 0.25) is 0 Å². The van der Waals surface area contributed by atoms with Crippen molar-refractivity contribution in [1.29, 1.82) is 0 Å². The molecule has 1 aromatic rings. The van der Waals surface area contributed by atoms with Crippen molar-refractivity contribution >= 4 is 28.7 Å². The van der Waals surface area contributed by atoms with Crippen LogP contribution in [0.1, 0.15) is 39.2 Å². The first kappa shape index (κ1) is 18.9. The van der Waals surface area contributed by atoms with E-state index in [2.05, 4.69) is 10.3 Å². The zero-order valence-corrected chi connectivity index (χ0v) is 15.8. The van der Waals surface area contributed by atoms with E-state index in [-0.39, 0.29) is 17.9 Å². The summed E-state index contributed by atoms with van der Waals surface area (Å²) < 4.78 is 34.1. The van der Waals surface area contributed by atoms with Crippen LogP contribution < -0.4 is 11.1 Å². The second kappa shape index (κ2) is 6.72. The third-order valence-corrected chi connectivity index (χ3v) is 5.57. The number of amides is 1. The number of benzene rings is 1. The van der Waals surface area contributed by atoms with E-state index < -0.39 is 29.2 Å². The largest absolute Gasteiger partial charge is 0.444 e. The lowest BCUT2D eigenvalue weighted by Crippen LogP contribution is -2.42. The Hall–Kier alpha value is -1.83. The molecule has 1 saturated carbocycles. The fraction of sp³-hybridized carbons (Fsp3) is 0.556. The summed E-state index contributed by atoms with van der Waals surface area (Å²) >= 11 is 1.32. The molecule has 5 nitrogen and oxygen atoms in total. The number of thioether (sulfide) groups is 1. The topological polar surface area (TPSA) is 76.7 Å². The lowest BCUT2D eigenvalue weighted by Gasteiger charge is -2.36. The van der Waals surface area contributed by atoms with E-state index in [0.717, 1.165) is 0 Å². The van der Waals surface area contributed by atoms with E-state index >= 15 is 0 Å². The number of rotatable bonds is 1. The van der Waals surface area contributed by atoms with Gasteiger partial charge in [0.05, 0.1) is 5.54 Å². The van der Waals surface area contributed by atoms with Gasteiger partial charge in [0.15, 0.2) is 5.17 Å². The maximum Gasteiger partial charge on any atom is 0.413 e. The van der Waals surface area contributed by atoms with E-state index in [4.69, 9.17) is 10.5 Å². The molecule has 1 aliphatic carbocycles. The number of anilines is 1. The van der Waals surface area contributed by atoms with Crippen molar-refractivity contribution < 1.29 is 18.3 Å². The summed E-state index contributed by atoms with van der Waals surface area (Å²) in [6.45, 7) is 5.27. The molecule has 0 bridgehead atoms. The first-order valence-corrected chi connectivity index (χ1v) is 9.50. The van der Waals surface area contributed by atoms with Gasteiger partial charge < -0.3 is 10.5 Å². The highest BCUT2D eigenvalue weighted by Gasteiger charge is 2.52. The highest BCUT2D eigenvalue weighted by atomic mass is 32.2. The summed E-state index contributed by atoms with van der Waals surface area (Å²) in [7, 11) is 0. The number of ether oxygens (including phenoxy) is 1. The maximum absolute atomic E-state index is 14.6. The van der Waals surface area contributed by atoms with E-state index in [1.807, 2.05) is 0 Å². The van der Waals surface area contributed by atoms with Gasteiger partial charge in [0.1, 0.15) is 17.6 Å². The molecule has 0 unspecified atom stereocenters. The van der Waals surface area contributed by atoms with Crippen LogP contribution in [0.25, 0.3) is 0 Å². The van der Waals surface area contributed by atoms with Gasteiger partial charge in [-0.2, -0.15) is 0 Å². The van der Waals surface area contributed by atoms with Gasteiger partial charge in [0.2, 0.25) is 0 Å². The molecule has 26 heavy (non-hydrogen) atoms. The van der Waals surface area contributed by atoms with Gasteiger partial charge in [-0.3, -0.25) is 10.3 Å². The average Bonchev–Trinajstić information content (AvgIpc) is 2.83. The number of halogens is 2. The molecule has 1 aromatic carbocycles. The fourth-order valence-electron chi connectivity index (χ4n) is 3.55. The van der Waals surface area contributed by atoms with Crippen molar-refractivity contribution in [2.24, 2.45) is 10.9 Å². The molecule has 3 atom stereocenters. The summed E-state index contributed by atoms with van der Waals surface area (Å²) in [5.41, 5.74) is 4.80. The Bertz CT molecular complexity index is 750. The van der Waals surface area contributed by atoms with Crippen LogP contribution in [0, 0.1) is 11.7 Å². The first-order valence-electron chi connectivity index (χ1n) is 8.51. The number of carbonyl (C=O) groups is 1. The second-order valence-corrected chi connectivity index (χ2v) is 8.76. The quantitative estimate of drug-likeness (QED) is 0.719. The van der Waals surface area contributed by atoms with Crippen molar-refractivity contribution in [1.82, 2.24) is 5.32 Å².